The fraction of sp³-hybridized carbons (Fsp3) is 0.556. The maximum absolute atomic E-state index is 4.17. The molecule has 0 amide bonds. The third kappa shape index (κ3) is 1.90. The number of hydrogen-bond acceptors (Lipinski definition) is 6. The number of aryl methyl sites for hydroxylation is 1. The highest BCUT2D eigenvalue weighted by atomic mass is 32.1. The van der Waals surface area contributed by atoms with Crippen LogP contribution >= 0.6 is 11.3 Å². The van der Waals surface area contributed by atoms with Crippen molar-refractivity contribution in [3.63, 3.8) is 0 Å². The van der Waals surface area contributed by atoms with Crippen LogP contribution in [0.25, 0.3) is 0 Å². The molecular formula is C9H12N6S. The van der Waals surface area contributed by atoms with Gasteiger partial charge < -0.3 is 5.32 Å². The summed E-state index contributed by atoms with van der Waals surface area (Å²) in [7, 11) is 1.87. The summed E-state index contributed by atoms with van der Waals surface area (Å²) >= 11 is 1.65. The highest BCUT2D eigenvalue weighted by Gasteiger charge is 2.27. The summed E-state index contributed by atoms with van der Waals surface area (Å²) in [6.45, 7) is 0.683. The molecule has 0 aliphatic heterocycles. The third-order valence-electron chi connectivity index (χ3n) is 2.60. The summed E-state index contributed by atoms with van der Waals surface area (Å²) in [6.07, 6.45) is 4.27. The zero-order valence-corrected chi connectivity index (χ0v) is 9.74. The van der Waals surface area contributed by atoms with Gasteiger partial charge in [-0.1, -0.05) is 16.6 Å². The molecule has 0 aromatic carbocycles. The van der Waals surface area contributed by atoms with Crippen LogP contribution in [0.3, 0.4) is 0 Å². The second-order valence-corrected chi connectivity index (χ2v) is 4.93. The second-order valence-electron chi connectivity index (χ2n) is 3.92. The molecule has 1 aliphatic rings. The molecule has 0 bridgehead atoms. The van der Waals surface area contributed by atoms with E-state index in [2.05, 4.69) is 25.8 Å². The SMILES string of the molecule is Cn1nncc1CNc1nnc(C2CC2)s1. The number of nitrogens with one attached hydrogen (secondary N) is 1. The lowest BCUT2D eigenvalue weighted by Gasteiger charge is -2.00. The average Bonchev–Trinajstić information content (AvgIpc) is 2.89. The van der Waals surface area contributed by atoms with Crippen LogP contribution in [-0.2, 0) is 13.6 Å². The molecule has 0 unspecified atom stereocenters. The van der Waals surface area contributed by atoms with Gasteiger partial charge in [-0.05, 0) is 12.8 Å². The Morgan fingerprint density at radius 2 is 2.38 bits per heavy atom. The largest absolute Gasteiger partial charge is 0.354 e. The monoisotopic (exact) mass is 236 g/mol. The van der Waals surface area contributed by atoms with E-state index in [1.807, 2.05) is 7.05 Å². The molecule has 84 valence electrons. The summed E-state index contributed by atoms with van der Waals surface area (Å²) in [4.78, 5) is 0. The van der Waals surface area contributed by atoms with Gasteiger partial charge in [0.25, 0.3) is 0 Å². The molecule has 2 aromatic rings. The van der Waals surface area contributed by atoms with Gasteiger partial charge in [-0.15, -0.1) is 15.3 Å². The van der Waals surface area contributed by atoms with Gasteiger partial charge in [-0.2, -0.15) is 0 Å². The Hall–Kier alpha value is -1.50. The van der Waals surface area contributed by atoms with Gasteiger partial charge in [-0.3, -0.25) is 4.68 Å². The molecule has 1 aliphatic carbocycles. The van der Waals surface area contributed by atoms with Gasteiger partial charge in [0.05, 0.1) is 18.4 Å². The minimum absolute atomic E-state index is 0.673. The average molecular weight is 236 g/mol. The van der Waals surface area contributed by atoms with Crippen molar-refractivity contribution < 1.29 is 0 Å². The van der Waals surface area contributed by atoms with Gasteiger partial charge in [0.2, 0.25) is 5.13 Å². The molecule has 1 saturated carbocycles. The first-order valence-corrected chi connectivity index (χ1v) is 6.05. The van der Waals surface area contributed by atoms with Crippen LogP contribution in [0.15, 0.2) is 6.20 Å². The predicted octanol–water partition coefficient (Wildman–Crippen LogP) is 1.16. The molecule has 0 saturated heterocycles. The first-order chi connectivity index (χ1) is 7.83. The zero-order chi connectivity index (χ0) is 11.0. The maximum Gasteiger partial charge on any atom is 0.206 e. The lowest BCUT2D eigenvalue weighted by Crippen LogP contribution is -2.05. The van der Waals surface area contributed by atoms with Crippen molar-refractivity contribution in [3.8, 4) is 0 Å². The second kappa shape index (κ2) is 3.82. The lowest BCUT2D eigenvalue weighted by atomic mass is 10.5. The highest BCUT2D eigenvalue weighted by Crippen LogP contribution is 2.42. The lowest BCUT2D eigenvalue weighted by molar-refractivity contribution is 0.683. The van der Waals surface area contributed by atoms with E-state index < -0.39 is 0 Å². The van der Waals surface area contributed by atoms with Crippen molar-refractivity contribution in [3.05, 3.63) is 16.9 Å². The normalized spacial score (nSPS) is 15.3. The van der Waals surface area contributed by atoms with Gasteiger partial charge in [0, 0.05) is 13.0 Å². The maximum atomic E-state index is 4.17. The van der Waals surface area contributed by atoms with E-state index in [-0.39, 0.29) is 0 Å². The summed E-state index contributed by atoms with van der Waals surface area (Å²) in [6, 6.07) is 0. The predicted molar refractivity (Wildman–Crippen MR) is 60.2 cm³/mol. The topological polar surface area (TPSA) is 68.5 Å². The molecule has 2 aromatic heterocycles. The van der Waals surface area contributed by atoms with Crippen molar-refractivity contribution in [2.45, 2.75) is 25.3 Å². The quantitative estimate of drug-likeness (QED) is 0.862. The number of aromatic nitrogens is 5. The first kappa shape index (κ1) is 9.71. The van der Waals surface area contributed by atoms with E-state index in [4.69, 9.17) is 0 Å². The van der Waals surface area contributed by atoms with E-state index in [0.717, 1.165) is 15.8 Å². The van der Waals surface area contributed by atoms with Gasteiger partial charge >= 0.3 is 0 Å². The van der Waals surface area contributed by atoms with E-state index in [0.29, 0.717) is 12.5 Å². The number of anilines is 1. The van der Waals surface area contributed by atoms with Crippen molar-refractivity contribution >= 4 is 16.5 Å². The van der Waals surface area contributed by atoms with E-state index in [9.17, 15) is 0 Å². The minimum atomic E-state index is 0.673. The number of hydrogen-bond donors (Lipinski definition) is 1. The standard InChI is InChI=1S/C9H12N6S/c1-15-7(5-11-14-15)4-10-9-13-12-8(16-9)6-2-3-6/h5-6H,2-4H2,1H3,(H,10,13). The van der Waals surface area contributed by atoms with Crippen LogP contribution in [0, 0.1) is 0 Å². The molecule has 0 atom stereocenters. The van der Waals surface area contributed by atoms with Gasteiger partial charge in [0.15, 0.2) is 0 Å². The Balaban J connectivity index is 1.63. The molecule has 1 N–H and O–H groups in total. The fourth-order valence-electron chi connectivity index (χ4n) is 1.44. The van der Waals surface area contributed by atoms with E-state index in [1.165, 1.54) is 12.8 Å². The van der Waals surface area contributed by atoms with Crippen LogP contribution in [-0.4, -0.2) is 25.2 Å². The Labute approximate surface area is 96.7 Å². The molecule has 6 nitrogen and oxygen atoms in total. The molecule has 16 heavy (non-hydrogen) atoms. The number of nitrogens with zero attached hydrogens (tertiary/aromatic N) is 5. The molecule has 1 fully saturated rings. The Kier molecular flexibility index (Phi) is 2.32. The fourth-order valence-corrected chi connectivity index (χ4v) is 2.35. The first-order valence-electron chi connectivity index (χ1n) is 5.24. The molecule has 3 rings (SSSR count). The summed E-state index contributed by atoms with van der Waals surface area (Å²) in [5.41, 5.74) is 1.03. The Morgan fingerprint density at radius 3 is 3.06 bits per heavy atom. The van der Waals surface area contributed by atoms with Gasteiger partial charge in [0.1, 0.15) is 5.01 Å². The minimum Gasteiger partial charge on any atom is -0.354 e. The highest BCUT2D eigenvalue weighted by molar-refractivity contribution is 7.15. The smallest absolute Gasteiger partial charge is 0.206 e. The van der Waals surface area contributed by atoms with Crippen LogP contribution in [0.1, 0.15) is 29.5 Å². The summed E-state index contributed by atoms with van der Waals surface area (Å²) in [5, 5.41) is 21.2. The van der Waals surface area contributed by atoms with Crippen molar-refractivity contribution in [1.82, 2.24) is 25.2 Å². The van der Waals surface area contributed by atoms with Crippen LogP contribution < -0.4 is 5.32 Å². The number of rotatable bonds is 4. The molecule has 7 heteroatoms. The van der Waals surface area contributed by atoms with E-state index in [1.54, 1.807) is 22.2 Å². The zero-order valence-electron chi connectivity index (χ0n) is 8.92. The summed E-state index contributed by atoms with van der Waals surface area (Å²) in [5.74, 6) is 0.673. The van der Waals surface area contributed by atoms with Crippen molar-refractivity contribution in [1.29, 1.82) is 0 Å². The molecule has 0 spiro atoms. The summed E-state index contributed by atoms with van der Waals surface area (Å²) < 4.78 is 1.75. The molecular weight excluding hydrogens is 224 g/mol. The van der Waals surface area contributed by atoms with Gasteiger partial charge in [-0.25, -0.2) is 0 Å². The Morgan fingerprint density at radius 1 is 1.50 bits per heavy atom. The van der Waals surface area contributed by atoms with Crippen LogP contribution in [0.5, 0.6) is 0 Å². The van der Waals surface area contributed by atoms with Crippen LogP contribution in [0.4, 0.5) is 5.13 Å². The third-order valence-corrected chi connectivity index (χ3v) is 3.64. The van der Waals surface area contributed by atoms with E-state index >= 15 is 0 Å². The van der Waals surface area contributed by atoms with Crippen molar-refractivity contribution in [2.75, 3.05) is 5.32 Å². The van der Waals surface area contributed by atoms with Crippen LogP contribution in [0.2, 0.25) is 0 Å². The van der Waals surface area contributed by atoms with Crippen molar-refractivity contribution in [2.24, 2.45) is 7.05 Å². The Bertz CT molecular complexity index is 486. The molecule has 2 heterocycles. The molecule has 0 radical (unpaired) electrons.